The van der Waals surface area contributed by atoms with Crippen LogP contribution in [-0.2, 0) is 6.42 Å². The molecule has 102 valence electrons. The Bertz CT molecular complexity index is 693. The highest BCUT2D eigenvalue weighted by Gasteiger charge is 2.35. The van der Waals surface area contributed by atoms with E-state index in [0.717, 1.165) is 29.0 Å². The molecule has 0 bridgehead atoms. The smallest absolute Gasteiger partial charge is 0.244 e. The van der Waals surface area contributed by atoms with E-state index >= 15 is 0 Å². The lowest BCUT2D eigenvalue weighted by atomic mass is 9.88. The topological polar surface area (TPSA) is 87.7 Å². The number of aryl methyl sites for hydroxylation is 1. The molecule has 3 heterocycles. The number of hydrogen-bond donors (Lipinski definition) is 2. The monoisotopic (exact) mass is 286 g/mol. The Hall–Kier alpha value is -2.26. The lowest BCUT2D eigenvalue weighted by Crippen LogP contribution is -2.20. The van der Waals surface area contributed by atoms with Crippen molar-refractivity contribution in [3.63, 3.8) is 0 Å². The fourth-order valence-electron chi connectivity index (χ4n) is 2.49. The van der Waals surface area contributed by atoms with Crippen LogP contribution in [0, 0.1) is 11.3 Å². The van der Waals surface area contributed by atoms with E-state index in [1.54, 1.807) is 11.3 Å². The molecular formula is C14H14N4OS. The summed E-state index contributed by atoms with van der Waals surface area (Å²) in [5, 5.41) is 18.6. The SMILES string of the molecule is CCCc1[nH]nc2c1[C@@H](c1cccs1)C(C#N)=C(N)O2. The third-order valence-corrected chi connectivity index (χ3v) is 4.28. The third kappa shape index (κ3) is 1.87. The molecule has 20 heavy (non-hydrogen) atoms. The molecule has 0 spiro atoms. The number of allylic oxidation sites excluding steroid dienone is 1. The van der Waals surface area contributed by atoms with E-state index in [9.17, 15) is 5.26 Å². The second-order valence-electron chi connectivity index (χ2n) is 4.61. The fraction of sp³-hybridized carbons (Fsp3) is 0.286. The van der Waals surface area contributed by atoms with Crippen molar-refractivity contribution in [2.24, 2.45) is 5.73 Å². The van der Waals surface area contributed by atoms with Crippen LogP contribution in [0.2, 0.25) is 0 Å². The average molecular weight is 286 g/mol. The zero-order chi connectivity index (χ0) is 14.1. The van der Waals surface area contributed by atoms with Gasteiger partial charge in [-0.2, -0.15) is 5.26 Å². The van der Waals surface area contributed by atoms with Crippen LogP contribution in [-0.4, -0.2) is 10.2 Å². The maximum Gasteiger partial charge on any atom is 0.244 e. The van der Waals surface area contributed by atoms with E-state index in [2.05, 4.69) is 23.2 Å². The van der Waals surface area contributed by atoms with Crippen molar-refractivity contribution in [2.75, 3.05) is 0 Å². The van der Waals surface area contributed by atoms with Crippen LogP contribution in [0.4, 0.5) is 0 Å². The highest BCUT2D eigenvalue weighted by molar-refractivity contribution is 7.10. The van der Waals surface area contributed by atoms with Crippen molar-refractivity contribution in [2.45, 2.75) is 25.7 Å². The Morgan fingerprint density at radius 3 is 3.10 bits per heavy atom. The molecule has 0 aliphatic carbocycles. The number of hydrogen-bond acceptors (Lipinski definition) is 5. The number of H-pyrrole nitrogens is 1. The van der Waals surface area contributed by atoms with Crippen LogP contribution in [0.25, 0.3) is 0 Å². The van der Waals surface area contributed by atoms with Crippen LogP contribution in [0.15, 0.2) is 29.0 Å². The first-order chi connectivity index (χ1) is 9.76. The molecule has 0 amide bonds. The molecule has 0 saturated heterocycles. The van der Waals surface area contributed by atoms with Crippen molar-refractivity contribution < 1.29 is 4.74 Å². The number of fused-ring (bicyclic) bond motifs is 1. The first-order valence-corrected chi connectivity index (χ1v) is 7.32. The average Bonchev–Trinajstić information content (AvgIpc) is 3.08. The number of rotatable bonds is 3. The molecule has 3 rings (SSSR count). The highest BCUT2D eigenvalue weighted by Crippen LogP contribution is 2.44. The largest absolute Gasteiger partial charge is 0.420 e. The lowest BCUT2D eigenvalue weighted by Gasteiger charge is -2.22. The fourth-order valence-corrected chi connectivity index (χ4v) is 3.33. The first-order valence-electron chi connectivity index (χ1n) is 6.44. The van der Waals surface area contributed by atoms with E-state index < -0.39 is 0 Å². The highest BCUT2D eigenvalue weighted by atomic mass is 32.1. The molecule has 2 aromatic heterocycles. The Morgan fingerprint density at radius 2 is 2.45 bits per heavy atom. The summed E-state index contributed by atoms with van der Waals surface area (Å²) in [6, 6.07) is 6.17. The molecule has 2 aromatic rings. The Morgan fingerprint density at radius 1 is 1.60 bits per heavy atom. The van der Waals surface area contributed by atoms with Crippen LogP contribution < -0.4 is 10.5 Å². The standard InChI is InChI=1S/C14H14N4OS/c1-2-4-9-12-11(10-5-3-6-20-10)8(7-15)13(16)19-14(12)18-17-9/h3,5-6,11H,2,4,16H2,1H3,(H,17,18)/t11-/m1/s1. The zero-order valence-corrected chi connectivity index (χ0v) is 11.8. The molecule has 0 fully saturated rings. The van der Waals surface area contributed by atoms with Crippen LogP contribution >= 0.6 is 11.3 Å². The Labute approximate surface area is 120 Å². The number of thiophene rings is 1. The van der Waals surface area contributed by atoms with Gasteiger partial charge in [-0.05, 0) is 17.9 Å². The van der Waals surface area contributed by atoms with Gasteiger partial charge in [-0.1, -0.05) is 19.4 Å². The van der Waals surface area contributed by atoms with Crippen molar-refractivity contribution >= 4 is 11.3 Å². The van der Waals surface area contributed by atoms with E-state index in [0.29, 0.717) is 11.5 Å². The molecule has 1 aliphatic rings. The van der Waals surface area contributed by atoms with Crippen molar-refractivity contribution in [3.8, 4) is 11.9 Å². The molecule has 1 atom stereocenters. The number of aromatic amines is 1. The van der Waals surface area contributed by atoms with Gasteiger partial charge in [-0.15, -0.1) is 16.4 Å². The van der Waals surface area contributed by atoms with Gasteiger partial charge in [0.15, 0.2) is 0 Å². The van der Waals surface area contributed by atoms with Crippen LogP contribution in [0.1, 0.15) is 35.4 Å². The van der Waals surface area contributed by atoms with Gasteiger partial charge in [0.25, 0.3) is 0 Å². The summed E-state index contributed by atoms with van der Waals surface area (Å²) >= 11 is 1.61. The molecule has 1 aliphatic heterocycles. The maximum absolute atomic E-state index is 9.42. The van der Waals surface area contributed by atoms with Gasteiger partial charge in [0.05, 0.1) is 11.5 Å². The maximum atomic E-state index is 9.42. The second kappa shape index (κ2) is 5.02. The molecule has 5 nitrogen and oxygen atoms in total. The number of nitrogens with one attached hydrogen (secondary N) is 1. The van der Waals surface area contributed by atoms with E-state index in [4.69, 9.17) is 10.5 Å². The van der Waals surface area contributed by atoms with Crippen molar-refractivity contribution in [1.82, 2.24) is 10.2 Å². The summed E-state index contributed by atoms with van der Waals surface area (Å²) in [5.41, 5.74) is 8.29. The van der Waals surface area contributed by atoms with Crippen LogP contribution in [0.5, 0.6) is 5.88 Å². The first kappa shape index (κ1) is 12.8. The van der Waals surface area contributed by atoms with E-state index in [1.165, 1.54) is 0 Å². The zero-order valence-electron chi connectivity index (χ0n) is 11.0. The van der Waals surface area contributed by atoms with Gasteiger partial charge in [-0.3, -0.25) is 5.10 Å². The second-order valence-corrected chi connectivity index (χ2v) is 5.59. The summed E-state index contributed by atoms with van der Waals surface area (Å²) < 4.78 is 5.49. The number of nitriles is 1. The summed E-state index contributed by atoms with van der Waals surface area (Å²) in [5.74, 6) is 0.459. The minimum Gasteiger partial charge on any atom is -0.420 e. The third-order valence-electron chi connectivity index (χ3n) is 3.35. The molecule has 0 unspecified atom stereocenters. The molecule has 0 aromatic carbocycles. The lowest BCUT2D eigenvalue weighted by molar-refractivity contribution is 0.379. The molecule has 0 radical (unpaired) electrons. The quantitative estimate of drug-likeness (QED) is 0.908. The molecule has 0 saturated carbocycles. The van der Waals surface area contributed by atoms with Crippen molar-refractivity contribution in [1.29, 1.82) is 5.26 Å². The summed E-state index contributed by atoms with van der Waals surface area (Å²) in [6.07, 6.45) is 1.86. The normalized spacial score (nSPS) is 17.5. The van der Waals surface area contributed by atoms with Gasteiger partial charge in [0.2, 0.25) is 11.8 Å². The van der Waals surface area contributed by atoms with Gasteiger partial charge in [0.1, 0.15) is 11.6 Å². The molecule has 3 N–H and O–H groups in total. The summed E-state index contributed by atoms with van der Waals surface area (Å²) in [4.78, 5) is 1.08. The number of ether oxygens (including phenoxy) is 1. The molecule has 6 heteroatoms. The number of aromatic nitrogens is 2. The summed E-state index contributed by atoms with van der Waals surface area (Å²) in [7, 11) is 0. The number of nitrogens with two attached hydrogens (primary N) is 1. The molecular weight excluding hydrogens is 272 g/mol. The summed E-state index contributed by atoms with van der Waals surface area (Å²) in [6.45, 7) is 2.10. The van der Waals surface area contributed by atoms with Gasteiger partial charge in [0, 0.05) is 10.6 Å². The predicted molar refractivity (Wildman–Crippen MR) is 76.2 cm³/mol. The minimum absolute atomic E-state index is 0.146. The van der Waals surface area contributed by atoms with Gasteiger partial charge < -0.3 is 10.5 Å². The van der Waals surface area contributed by atoms with E-state index in [-0.39, 0.29) is 11.8 Å². The van der Waals surface area contributed by atoms with Crippen LogP contribution in [0.3, 0.4) is 0 Å². The predicted octanol–water partition coefficient (Wildman–Crippen LogP) is 2.64. The minimum atomic E-state index is -0.177. The van der Waals surface area contributed by atoms with E-state index in [1.807, 2.05) is 17.5 Å². The van der Waals surface area contributed by atoms with Crippen molar-refractivity contribution in [3.05, 3.63) is 45.1 Å². The van der Waals surface area contributed by atoms with Gasteiger partial charge in [-0.25, -0.2) is 0 Å². The Kier molecular flexibility index (Phi) is 3.20. The number of nitrogens with zero attached hydrogens (tertiary/aromatic N) is 2. The Balaban J connectivity index is 2.19. The van der Waals surface area contributed by atoms with Gasteiger partial charge >= 0.3 is 0 Å².